The number of carbonyl (C=O) groups excluding carboxylic acids is 1. The van der Waals surface area contributed by atoms with Gasteiger partial charge in [0.15, 0.2) is 0 Å². The smallest absolute Gasteiger partial charge is 0.139 e. The predicted molar refractivity (Wildman–Crippen MR) is 48.8 cm³/mol. The van der Waals surface area contributed by atoms with Crippen molar-refractivity contribution >= 4 is 5.78 Å². The first-order chi connectivity index (χ1) is 5.70. The van der Waals surface area contributed by atoms with E-state index >= 15 is 0 Å². The van der Waals surface area contributed by atoms with Gasteiger partial charge in [0, 0.05) is 11.8 Å². The number of rotatable bonds is 2. The molecule has 0 aliphatic heterocycles. The zero-order valence-electron chi connectivity index (χ0n) is 8.05. The van der Waals surface area contributed by atoms with Crippen LogP contribution in [0.2, 0.25) is 0 Å². The molecule has 0 aromatic rings. The molecule has 1 heteroatoms. The van der Waals surface area contributed by atoms with E-state index in [0.29, 0.717) is 29.5 Å². The molecular weight excluding hydrogens is 148 g/mol. The number of ketones is 1. The molecule has 0 N–H and O–H groups in total. The van der Waals surface area contributed by atoms with Crippen molar-refractivity contribution in [2.24, 2.45) is 23.7 Å². The van der Waals surface area contributed by atoms with E-state index in [0.717, 1.165) is 0 Å². The van der Waals surface area contributed by atoms with Crippen molar-refractivity contribution in [3.05, 3.63) is 0 Å². The van der Waals surface area contributed by atoms with Gasteiger partial charge >= 0.3 is 0 Å². The fourth-order valence-electron chi connectivity index (χ4n) is 2.45. The first kappa shape index (κ1) is 8.28. The molecule has 0 heterocycles. The lowest BCUT2D eigenvalue weighted by molar-refractivity contribution is -0.136. The van der Waals surface area contributed by atoms with Gasteiger partial charge in [-0.15, -0.1) is 0 Å². The molecule has 0 spiro atoms. The Hall–Kier alpha value is -0.330. The Kier molecular flexibility index (Phi) is 1.97. The van der Waals surface area contributed by atoms with Crippen LogP contribution in [0.15, 0.2) is 0 Å². The highest BCUT2D eigenvalue weighted by Crippen LogP contribution is 2.43. The molecule has 2 fully saturated rings. The summed E-state index contributed by atoms with van der Waals surface area (Å²) in [4.78, 5) is 11.8. The van der Waals surface area contributed by atoms with Crippen LogP contribution >= 0.6 is 0 Å². The molecule has 2 aliphatic carbocycles. The minimum absolute atomic E-state index is 0.442. The molecule has 0 amide bonds. The summed E-state index contributed by atoms with van der Waals surface area (Å²) in [5.74, 6) is 2.85. The SMILES string of the molecule is CC1CCC1C(=O)C1CCC1C. The van der Waals surface area contributed by atoms with Crippen molar-refractivity contribution < 1.29 is 4.79 Å². The van der Waals surface area contributed by atoms with Gasteiger partial charge < -0.3 is 0 Å². The lowest BCUT2D eigenvalue weighted by atomic mass is 9.63. The zero-order valence-corrected chi connectivity index (χ0v) is 8.05. The average Bonchev–Trinajstić information content (AvgIpc) is 1.98. The minimum atomic E-state index is 0.442. The molecule has 0 radical (unpaired) electrons. The van der Waals surface area contributed by atoms with Gasteiger partial charge in [-0.25, -0.2) is 0 Å². The van der Waals surface area contributed by atoms with Gasteiger partial charge in [0.25, 0.3) is 0 Å². The van der Waals surface area contributed by atoms with Crippen LogP contribution in [0.25, 0.3) is 0 Å². The number of carbonyl (C=O) groups is 1. The minimum Gasteiger partial charge on any atom is -0.299 e. The summed E-state index contributed by atoms with van der Waals surface area (Å²) in [6.07, 6.45) is 4.89. The second-order valence-electron chi connectivity index (χ2n) is 4.72. The molecule has 2 aliphatic rings. The van der Waals surface area contributed by atoms with Crippen molar-refractivity contribution in [3.8, 4) is 0 Å². The Balaban J connectivity index is 1.91. The quantitative estimate of drug-likeness (QED) is 0.616. The monoisotopic (exact) mass is 166 g/mol. The Morgan fingerprint density at radius 3 is 1.50 bits per heavy atom. The summed E-state index contributed by atoms with van der Waals surface area (Å²) in [5.41, 5.74) is 0. The highest BCUT2D eigenvalue weighted by molar-refractivity contribution is 5.85. The van der Waals surface area contributed by atoms with E-state index in [-0.39, 0.29) is 0 Å². The van der Waals surface area contributed by atoms with E-state index in [9.17, 15) is 4.79 Å². The molecule has 4 unspecified atom stereocenters. The molecule has 0 aromatic heterocycles. The third-order valence-corrected chi connectivity index (χ3v) is 3.97. The third kappa shape index (κ3) is 1.10. The maximum Gasteiger partial charge on any atom is 0.139 e. The molecule has 0 aromatic carbocycles. The van der Waals surface area contributed by atoms with Crippen molar-refractivity contribution in [3.63, 3.8) is 0 Å². The summed E-state index contributed by atoms with van der Waals surface area (Å²) < 4.78 is 0. The molecule has 2 rings (SSSR count). The second-order valence-corrected chi connectivity index (χ2v) is 4.72. The largest absolute Gasteiger partial charge is 0.299 e. The summed E-state index contributed by atoms with van der Waals surface area (Å²) in [6.45, 7) is 4.44. The fraction of sp³-hybridized carbons (Fsp3) is 0.909. The lowest BCUT2D eigenvalue weighted by Crippen LogP contribution is -2.41. The van der Waals surface area contributed by atoms with Gasteiger partial charge in [0.2, 0.25) is 0 Å². The Labute approximate surface area is 74.5 Å². The van der Waals surface area contributed by atoms with Crippen LogP contribution < -0.4 is 0 Å². The van der Waals surface area contributed by atoms with E-state index in [1.165, 1.54) is 25.7 Å². The van der Waals surface area contributed by atoms with Gasteiger partial charge in [-0.05, 0) is 37.5 Å². The summed E-state index contributed by atoms with van der Waals surface area (Å²) in [6, 6.07) is 0. The van der Waals surface area contributed by atoms with Crippen LogP contribution in [0.1, 0.15) is 39.5 Å². The zero-order chi connectivity index (χ0) is 8.72. The summed E-state index contributed by atoms with van der Waals surface area (Å²) in [5, 5.41) is 0. The van der Waals surface area contributed by atoms with E-state index in [4.69, 9.17) is 0 Å². The molecule has 2 saturated carbocycles. The van der Waals surface area contributed by atoms with Crippen LogP contribution in [0.3, 0.4) is 0 Å². The normalized spacial score (nSPS) is 46.2. The van der Waals surface area contributed by atoms with Gasteiger partial charge in [0.1, 0.15) is 5.78 Å². The van der Waals surface area contributed by atoms with E-state index < -0.39 is 0 Å². The van der Waals surface area contributed by atoms with Crippen molar-refractivity contribution in [1.82, 2.24) is 0 Å². The summed E-state index contributed by atoms with van der Waals surface area (Å²) in [7, 11) is 0. The average molecular weight is 166 g/mol. The van der Waals surface area contributed by atoms with Crippen LogP contribution in [0.4, 0.5) is 0 Å². The lowest BCUT2D eigenvalue weighted by Gasteiger charge is -2.40. The van der Waals surface area contributed by atoms with Crippen molar-refractivity contribution in [2.45, 2.75) is 39.5 Å². The number of Topliss-reactive ketones (excluding diaryl/α,β-unsaturated/α-hetero) is 1. The van der Waals surface area contributed by atoms with Crippen molar-refractivity contribution in [2.75, 3.05) is 0 Å². The third-order valence-electron chi connectivity index (χ3n) is 3.97. The molecular formula is C11H18O. The highest BCUT2D eigenvalue weighted by Gasteiger charge is 2.41. The molecule has 0 bridgehead atoms. The predicted octanol–water partition coefficient (Wildman–Crippen LogP) is 2.65. The first-order valence-electron chi connectivity index (χ1n) is 5.24. The van der Waals surface area contributed by atoms with Gasteiger partial charge in [-0.3, -0.25) is 4.79 Å². The standard InChI is InChI=1S/C11H18O/c1-7-3-5-9(7)11(12)10-6-4-8(10)2/h7-10H,3-6H2,1-2H3. The van der Waals surface area contributed by atoms with E-state index in [2.05, 4.69) is 13.8 Å². The van der Waals surface area contributed by atoms with E-state index in [1.54, 1.807) is 0 Å². The summed E-state index contributed by atoms with van der Waals surface area (Å²) >= 11 is 0. The van der Waals surface area contributed by atoms with Gasteiger partial charge in [-0.1, -0.05) is 13.8 Å². The second kappa shape index (κ2) is 2.86. The van der Waals surface area contributed by atoms with Gasteiger partial charge in [-0.2, -0.15) is 0 Å². The Bertz CT molecular complexity index is 177. The number of hydrogen-bond acceptors (Lipinski definition) is 1. The topological polar surface area (TPSA) is 17.1 Å². The number of hydrogen-bond donors (Lipinski definition) is 0. The van der Waals surface area contributed by atoms with Crippen LogP contribution in [-0.2, 0) is 4.79 Å². The molecule has 0 saturated heterocycles. The maximum absolute atomic E-state index is 11.8. The van der Waals surface area contributed by atoms with Crippen molar-refractivity contribution in [1.29, 1.82) is 0 Å². The Morgan fingerprint density at radius 2 is 1.33 bits per heavy atom. The highest BCUT2D eigenvalue weighted by atomic mass is 16.1. The van der Waals surface area contributed by atoms with E-state index in [1.807, 2.05) is 0 Å². The van der Waals surface area contributed by atoms with Gasteiger partial charge in [0.05, 0.1) is 0 Å². The van der Waals surface area contributed by atoms with Crippen LogP contribution in [0.5, 0.6) is 0 Å². The molecule has 68 valence electrons. The maximum atomic E-state index is 11.8. The van der Waals surface area contributed by atoms with Crippen LogP contribution in [-0.4, -0.2) is 5.78 Å². The van der Waals surface area contributed by atoms with Crippen LogP contribution in [0, 0.1) is 23.7 Å². The molecule has 4 atom stereocenters. The molecule has 1 nitrogen and oxygen atoms in total. The molecule has 12 heavy (non-hydrogen) atoms. The fourth-order valence-corrected chi connectivity index (χ4v) is 2.45. The first-order valence-corrected chi connectivity index (χ1v) is 5.24. The Morgan fingerprint density at radius 1 is 0.917 bits per heavy atom.